The summed E-state index contributed by atoms with van der Waals surface area (Å²) in [6.45, 7) is 0. The fraction of sp³-hybridized carbons (Fsp3) is 0.429. The summed E-state index contributed by atoms with van der Waals surface area (Å²) in [7, 11) is -3.82. The van der Waals surface area contributed by atoms with Crippen LogP contribution in [0.1, 0.15) is 24.8 Å². The van der Waals surface area contributed by atoms with Gasteiger partial charge in [0.15, 0.2) is 0 Å². The van der Waals surface area contributed by atoms with Gasteiger partial charge in [0.2, 0.25) is 0 Å². The van der Waals surface area contributed by atoms with Gasteiger partial charge in [0.25, 0.3) is 7.52 Å². The molecular weight excluding hydrogens is 309 g/mol. The summed E-state index contributed by atoms with van der Waals surface area (Å²) in [4.78, 5) is 31.3. The molecule has 122 valence electrons. The molecule has 4 N–H and O–H groups in total. The van der Waals surface area contributed by atoms with Gasteiger partial charge in [0.05, 0.1) is 0 Å². The van der Waals surface area contributed by atoms with Gasteiger partial charge >= 0.3 is 11.9 Å². The van der Waals surface area contributed by atoms with Gasteiger partial charge in [-0.05, 0) is 24.8 Å². The maximum atomic E-state index is 12.0. The van der Waals surface area contributed by atoms with E-state index in [2.05, 4.69) is 5.09 Å². The van der Waals surface area contributed by atoms with E-state index in [1.165, 1.54) is 0 Å². The number of aliphatic carboxylic acids is 2. The molecule has 7 nitrogen and oxygen atoms in total. The van der Waals surface area contributed by atoms with Gasteiger partial charge in [-0.1, -0.05) is 30.3 Å². The summed E-state index contributed by atoms with van der Waals surface area (Å²) in [5.41, 5.74) is 1.03. The Balaban J connectivity index is 2.47. The molecule has 22 heavy (non-hydrogen) atoms. The summed E-state index contributed by atoms with van der Waals surface area (Å²) in [6.07, 6.45) is 0.344. The number of carboxylic acids is 2. The first-order valence-corrected chi connectivity index (χ1v) is 8.73. The second-order valence-electron chi connectivity index (χ2n) is 4.97. The highest BCUT2D eigenvalue weighted by atomic mass is 31.2. The average Bonchev–Trinajstić information content (AvgIpc) is 2.44. The molecule has 1 unspecified atom stereocenters. The molecule has 1 rings (SSSR count). The quantitative estimate of drug-likeness (QED) is 0.482. The van der Waals surface area contributed by atoms with E-state index in [0.29, 0.717) is 12.8 Å². The van der Waals surface area contributed by atoms with Crippen molar-refractivity contribution >= 4 is 19.5 Å². The van der Waals surface area contributed by atoms with Crippen LogP contribution in [0.25, 0.3) is 0 Å². The Bertz CT molecular complexity index is 548. The predicted molar refractivity (Wildman–Crippen MR) is 80.9 cm³/mol. The van der Waals surface area contributed by atoms with Gasteiger partial charge in [-0.25, -0.2) is 5.09 Å². The molecule has 0 spiro atoms. The molecule has 0 aliphatic rings. The van der Waals surface area contributed by atoms with Crippen LogP contribution in [0.3, 0.4) is 0 Å². The Morgan fingerprint density at radius 2 is 1.82 bits per heavy atom. The number of benzene rings is 1. The average molecular weight is 329 g/mol. The summed E-state index contributed by atoms with van der Waals surface area (Å²) >= 11 is 0. The molecule has 0 fully saturated rings. The van der Waals surface area contributed by atoms with Gasteiger partial charge in [-0.2, -0.15) is 0 Å². The lowest BCUT2D eigenvalue weighted by atomic mass is 10.1. The van der Waals surface area contributed by atoms with Crippen LogP contribution in [0, 0.1) is 0 Å². The normalized spacial score (nSPS) is 15.0. The van der Waals surface area contributed by atoms with Crippen molar-refractivity contribution in [1.82, 2.24) is 5.09 Å². The highest BCUT2D eigenvalue weighted by Crippen LogP contribution is 2.37. The number of aryl methyl sites for hydroxylation is 1. The predicted octanol–water partition coefficient (Wildman–Crippen LogP) is 1.71. The standard InChI is InChI=1S/C14H20NO6P/c16-13(17)9-8-12(14(18)19)15-22(20,21)10-4-7-11-5-2-1-3-6-11/h1-3,5-6,12H,4,7-10H2,(H,16,17)(H,18,19)(H2,15,20,21)/t12-/m0/s1. The summed E-state index contributed by atoms with van der Waals surface area (Å²) in [6, 6.07) is 8.09. The summed E-state index contributed by atoms with van der Waals surface area (Å²) in [5, 5.41) is 19.7. The Labute approximate surface area is 128 Å². The van der Waals surface area contributed by atoms with E-state index in [0.717, 1.165) is 5.56 Å². The van der Waals surface area contributed by atoms with Crippen LogP contribution in [0.4, 0.5) is 0 Å². The Hall–Kier alpha value is -1.69. The van der Waals surface area contributed by atoms with Crippen LogP contribution in [0.5, 0.6) is 0 Å². The molecule has 0 heterocycles. The Morgan fingerprint density at radius 1 is 1.18 bits per heavy atom. The highest BCUT2D eigenvalue weighted by Gasteiger charge is 2.27. The van der Waals surface area contributed by atoms with Gasteiger partial charge in [-0.3, -0.25) is 14.2 Å². The molecule has 0 saturated carbocycles. The van der Waals surface area contributed by atoms with Gasteiger partial charge in [0, 0.05) is 12.6 Å². The van der Waals surface area contributed by atoms with Crippen molar-refractivity contribution in [2.75, 3.05) is 6.16 Å². The molecule has 0 amide bonds. The first kappa shape index (κ1) is 18.4. The van der Waals surface area contributed by atoms with Crippen molar-refractivity contribution in [1.29, 1.82) is 0 Å². The lowest BCUT2D eigenvalue weighted by Crippen LogP contribution is -2.35. The second-order valence-corrected chi connectivity index (χ2v) is 7.08. The zero-order valence-electron chi connectivity index (χ0n) is 12.0. The van der Waals surface area contributed by atoms with Crippen molar-refractivity contribution in [3.05, 3.63) is 35.9 Å². The van der Waals surface area contributed by atoms with Crippen molar-refractivity contribution in [2.24, 2.45) is 0 Å². The van der Waals surface area contributed by atoms with Crippen molar-refractivity contribution in [3.8, 4) is 0 Å². The molecular formula is C14H20NO6P. The Kier molecular flexibility index (Phi) is 7.24. The molecule has 0 aliphatic carbocycles. The maximum absolute atomic E-state index is 12.0. The highest BCUT2D eigenvalue weighted by molar-refractivity contribution is 7.55. The van der Waals surface area contributed by atoms with Crippen LogP contribution in [-0.4, -0.2) is 39.2 Å². The number of rotatable bonds is 10. The number of hydrogen-bond donors (Lipinski definition) is 4. The van der Waals surface area contributed by atoms with Gasteiger partial charge < -0.3 is 15.1 Å². The van der Waals surface area contributed by atoms with Gasteiger partial charge in [-0.15, -0.1) is 0 Å². The lowest BCUT2D eigenvalue weighted by Gasteiger charge is -2.18. The van der Waals surface area contributed by atoms with E-state index >= 15 is 0 Å². The maximum Gasteiger partial charge on any atom is 0.321 e. The smallest absolute Gasteiger partial charge is 0.321 e. The zero-order valence-corrected chi connectivity index (χ0v) is 12.9. The van der Waals surface area contributed by atoms with E-state index in [9.17, 15) is 19.0 Å². The minimum Gasteiger partial charge on any atom is -0.481 e. The summed E-state index contributed by atoms with van der Waals surface area (Å²) < 4.78 is 12.0. The van der Waals surface area contributed by atoms with Crippen molar-refractivity contribution in [3.63, 3.8) is 0 Å². The largest absolute Gasteiger partial charge is 0.481 e. The van der Waals surface area contributed by atoms with Crippen LogP contribution >= 0.6 is 7.52 Å². The third kappa shape index (κ3) is 7.36. The minimum absolute atomic E-state index is 0.0707. The molecule has 0 saturated heterocycles. The van der Waals surface area contributed by atoms with Crippen LogP contribution in [-0.2, 0) is 20.6 Å². The second kappa shape index (κ2) is 8.68. The SMILES string of the molecule is O=C(O)CC[C@H](NP(=O)(O)CCCc1ccccc1)C(=O)O. The molecule has 2 atom stereocenters. The zero-order chi connectivity index (χ0) is 16.6. The van der Waals surface area contributed by atoms with Crippen molar-refractivity contribution in [2.45, 2.75) is 31.7 Å². The molecule has 0 bridgehead atoms. The molecule has 1 aromatic rings. The minimum atomic E-state index is -3.82. The molecule has 0 aliphatic heterocycles. The fourth-order valence-corrected chi connectivity index (χ4v) is 3.40. The fourth-order valence-electron chi connectivity index (χ4n) is 1.96. The van der Waals surface area contributed by atoms with Crippen LogP contribution in [0.15, 0.2) is 30.3 Å². The molecule has 0 radical (unpaired) electrons. The first-order valence-electron chi connectivity index (χ1n) is 6.88. The third-order valence-electron chi connectivity index (χ3n) is 3.07. The summed E-state index contributed by atoms with van der Waals surface area (Å²) in [5.74, 6) is -2.48. The van der Waals surface area contributed by atoms with Crippen molar-refractivity contribution < 1.29 is 29.3 Å². The number of carbonyl (C=O) groups is 2. The number of hydrogen-bond acceptors (Lipinski definition) is 3. The van der Waals surface area contributed by atoms with Crippen LogP contribution < -0.4 is 5.09 Å². The third-order valence-corrected chi connectivity index (χ3v) is 4.71. The topological polar surface area (TPSA) is 124 Å². The first-order chi connectivity index (χ1) is 10.3. The molecule has 8 heteroatoms. The van der Waals surface area contributed by atoms with E-state index in [4.69, 9.17) is 10.2 Å². The van der Waals surface area contributed by atoms with E-state index < -0.39 is 25.5 Å². The van der Waals surface area contributed by atoms with E-state index in [1.54, 1.807) is 0 Å². The van der Waals surface area contributed by atoms with E-state index in [1.807, 2.05) is 30.3 Å². The lowest BCUT2D eigenvalue weighted by molar-refractivity contribution is -0.140. The van der Waals surface area contributed by atoms with Gasteiger partial charge in [0.1, 0.15) is 6.04 Å². The Morgan fingerprint density at radius 3 is 2.36 bits per heavy atom. The number of carboxylic acid groups (broad SMARTS) is 2. The molecule has 0 aromatic heterocycles. The monoisotopic (exact) mass is 329 g/mol. The van der Waals surface area contributed by atoms with Crippen LogP contribution in [0.2, 0.25) is 0 Å². The number of nitrogens with one attached hydrogen (secondary N) is 1. The van der Waals surface area contributed by atoms with E-state index in [-0.39, 0.29) is 19.0 Å². The molecule has 1 aromatic carbocycles.